The van der Waals surface area contributed by atoms with Gasteiger partial charge in [0.05, 0.1) is 6.61 Å². The summed E-state index contributed by atoms with van der Waals surface area (Å²) in [5, 5.41) is 12.1. The van der Waals surface area contributed by atoms with Gasteiger partial charge in [-0.05, 0) is 42.9 Å². The Morgan fingerprint density at radius 2 is 1.89 bits per heavy atom. The van der Waals surface area contributed by atoms with Gasteiger partial charge in [0.1, 0.15) is 0 Å². The highest BCUT2D eigenvalue weighted by Gasteiger charge is 2.68. The fourth-order valence-electron chi connectivity index (χ4n) is 4.88. The van der Waals surface area contributed by atoms with Crippen LogP contribution in [0.3, 0.4) is 0 Å². The summed E-state index contributed by atoms with van der Waals surface area (Å²) < 4.78 is 5.18. The Hall–Kier alpha value is -1.10. The van der Waals surface area contributed by atoms with Gasteiger partial charge in [-0.1, -0.05) is 0 Å². The Morgan fingerprint density at radius 1 is 1.21 bits per heavy atom. The first-order valence-corrected chi connectivity index (χ1v) is 7.25. The van der Waals surface area contributed by atoms with Crippen LogP contribution >= 0.6 is 0 Å². The molecule has 4 fully saturated rings. The summed E-state index contributed by atoms with van der Waals surface area (Å²) in [6.07, 6.45) is 4.21. The summed E-state index contributed by atoms with van der Waals surface area (Å²) in [5.41, 5.74) is -1.17. The molecule has 0 aromatic rings. The highest BCUT2D eigenvalue weighted by molar-refractivity contribution is 5.90. The van der Waals surface area contributed by atoms with Gasteiger partial charge in [0.25, 0.3) is 0 Å². The number of fused-ring (bicyclic) bond motifs is 5. The second-order valence-corrected chi connectivity index (χ2v) is 6.69. The molecule has 1 heterocycles. The minimum atomic E-state index is -1.17. The first-order valence-electron chi connectivity index (χ1n) is 7.25. The molecule has 5 heteroatoms. The largest absolute Gasteiger partial charge is 0.479 e. The lowest BCUT2D eigenvalue weighted by atomic mass is 9.96. The summed E-state index contributed by atoms with van der Waals surface area (Å²) >= 11 is 0. The number of ether oxygens (including phenoxy) is 1. The molecule has 4 aliphatic rings. The van der Waals surface area contributed by atoms with Crippen LogP contribution in [-0.4, -0.2) is 35.7 Å². The molecular formula is C14H19NO4. The Balaban J connectivity index is 1.46. The fraction of sp³-hybridized carbons (Fsp3) is 0.857. The smallest absolute Gasteiger partial charge is 0.331 e. The number of aliphatic carboxylic acids is 1. The third-order valence-corrected chi connectivity index (χ3v) is 5.83. The standard InChI is InChI=1S/C14H19NO4/c16-12(15-14(13(17)18)3-4-19-6-14)11-9-7-1-2-8(5-7)10(9)11/h7-11H,1-6H2,(H,15,16)(H,17,18). The maximum absolute atomic E-state index is 12.4. The lowest BCUT2D eigenvalue weighted by Crippen LogP contribution is -2.56. The Bertz CT molecular complexity index is 427. The van der Waals surface area contributed by atoms with Gasteiger partial charge in [0.15, 0.2) is 5.54 Å². The van der Waals surface area contributed by atoms with Gasteiger partial charge < -0.3 is 15.2 Å². The van der Waals surface area contributed by atoms with Crippen molar-refractivity contribution in [2.24, 2.45) is 29.6 Å². The van der Waals surface area contributed by atoms with Crippen LogP contribution in [0.5, 0.6) is 0 Å². The fourth-order valence-corrected chi connectivity index (χ4v) is 4.88. The highest BCUT2D eigenvalue weighted by Crippen LogP contribution is 2.69. The predicted octanol–water partition coefficient (Wildman–Crippen LogP) is 0.638. The van der Waals surface area contributed by atoms with Gasteiger partial charge in [0.2, 0.25) is 5.91 Å². The molecule has 19 heavy (non-hydrogen) atoms. The lowest BCUT2D eigenvalue weighted by Gasteiger charge is -2.24. The number of hydrogen-bond acceptors (Lipinski definition) is 3. The number of nitrogens with one attached hydrogen (secondary N) is 1. The van der Waals surface area contributed by atoms with Gasteiger partial charge in [0, 0.05) is 18.9 Å². The van der Waals surface area contributed by atoms with E-state index in [9.17, 15) is 14.7 Å². The van der Waals surface area contributed by atoms with Crippen molar-refractivity contribution in [2.75, 3.05) is 13.2 Å². The summed E-state index contributed by atoms with van der Waals surface area (Å²) in [5.74, 6) is 1.63. The average molecular weight is 265 g/mol. The van der Waals surface area contributed by atoms with Crippen LogP contribution in [-0.2, 0) is 14.3 Å². The van der Waals surface area contributed by atoms with Crippen molar-refractivity contribution in [2.45, 2.75) is 31.2 Å². The maximum Gasteiger partial charge on any atom is 0.331 e. The molecule has 0 aromatic heterocycles. The minimum absolute atomic E-state index is 0.0421. The number of carboxylic acids is 1. The molecule has 1 amide bonds. The molecule has 1 saturated heterocycles. The molecule has 2 N–H and O–H groups in total. The molecule has 5 atom stereocenters. The predicted molar refractivity (Wildman–Crippen MR) is 65.2 cm³/mol. The summed E-state index contributed by atoms with van der Waals surface area (Å²) in [6.45, 7) is 0.512. The molecular weight excluding hydrogens is 246 g/mol. The summed E-state index contributed by atoms with van der Waals surface area (Å²) in [7, 11) is 0. The van der Waals surface area contributed by atoms with Gasteiger partial charge in [-0.3, -0.25) is 4.79 Å². The van der Waals surface area contributed by atoms with Crippen LogP contribution in [0.4, 0.5) is 0 Å². The van der Waals surface area contributed by atoms with Crippen LogP contribution in [0, 0.1) is 29.6 Å². The van der Waals surface area contributed by atoms with Crippen molar-refractivity contribution in [1.82, 2.24) is 5.32 Å². The van der Waals surface area contributed by atoms with Gasteiger partial charge in [-0.15, -0.1) is 0 Å². The van der Waals surface area contributed by atoms with Crippen molar-refractivity contribution in [1.29, 1.82) is 0 Å². The number of carbonyl (C=O) groups excluding carboxylic acids is 1. The molecule has 5 nitrogen and oxygen atoms in total. The molecule has 0 spiro atoms. The Morgan fingerprint density at radius 3 is 2.42 bits per heavy atom. The van der Waals surface area contributed by atoms with Crippen molar-refractivity contribution in [3.8, 4) is 0 Å². The van der Waals surface area contributed by atoms with Crippen LogP contribution in [0.15, 0.2) is 0 Å². The van der Waals surface area contributed by atoms with E-state index >= 15 is 0 Å². The minimum Gasteiger partial charge on any atom is -0.479 e. The number of carboxylic acid groups (broad SMARTS) is 1. The average Bonchev–Trinajstić information content (AvgIpc) is 2.76. The van der Waals surface area contributed by atoms with Crippen molar-refractivity contribution in [3.05, 3.63) is 0 Å². The van der Waals surface area contributed by atoms with Gasteiger partial charge in [-0.25, -0.2) is 4.79 Å². The Labute approximate surface area is 111 Å². The van der Waals surface area contributed by atoms with E-state index in [1.807, 2.05) is 0 Å². The number of carbonyl (C=O) groups is 2. The zero-order chi connectivity index (χ0) is 13.2. The van der Waals surface area contributed by atoms with Crippen LogP contribution in [0.2, 0.25) is 0 Å². The zero-order valence-corrected chi connectivity index (χ0v) is 10.8. The molecule has 1 aliphatic heterocycles. The Kier molecular flexibility index (Phi) is 2.29. The third kappa shape index (κ3) is 1.51. The molecule has 0 radical (unpaired) electrons. The maximum atomic E-state index is 12.4. The van der Waals surface area contributed by atoms with E-state index < -0.39 is 11.5 Å². The molecule has 4 rings (SSSR count). The second-order valence-electron chi connectivity index (χ2n) is 6.69. The molecule has 3 saturated carbocycles. The van der Waals surface area contributed by atoms with Crippen LogP contribution < -0.4 is 5.32 Å². The molecule has 104 valence electrons. The quantitative estimate of drug-likeness (QED) is 0.785. The van der Waals surface area contributed by atoms with Gasteiger partial charge in [-0.2, -0.15) is 0 Å². The third-order valence-electron chi connectivity index (χ3n) is 5.83. The van der Waals surface area contributed by atoms with Crippen LogP contribution in [0.1, 0.15) is 25.7 Å². The number of amides is 1. The molecule has 2 bridgehead atoms. The number of rotatable bonds is 3. The first kappa shape index (κ1) is 11.7. The SMILES string of the molecule is O=C(NC1(C(=O)O)CCOC1)C1C2C3CCC(C3)C12. The highest BCUT2D eigenvalue weighted by atomic mass is 16.5. The van der Waals surface area contributed by atoms with Crippen molar-refractivity contribution >= 4 is 11.9 Å². The zero-order valence-electron chi connectivity index (χ0n) is 10.8. The first-order chi connectivity index (χ1) is 9.12. The van der Waals surface area contributed by atoms with Crippen LogP contribution in [0.25, 0.3) is 0 Å². The summed E-state index contributed by atoms with van der Waals surface area (Å²) in [6, 6.07) is 0. The van der Waals surface area contributed by atoms with Gasteiger partial charge >= 0.3 is 5.97 Å². The molecule has 0 aromatic carbocycles. The topological polar surface area (TPSA) is 75.6 Å². The van der Waals surface area contributed by atoms with E-state index in [2.05, 4.69) is 5.32 Å². The monoisotopic (exact) mass is 265 g/mol. The van der Waals surface area contributed by atoms with Crippen molar-refractivity contribution in [3.63, 3.8) is 0 Å². The normalized spacial score (nSPS) is 50.0. The van der Waals surface area contributed by atoms with E-state index in [0.29, 0.717) is 24.9 Å². The summed E-state index contributed by atoms with van der Waals surface area (Å²) in [4.78, 5) is 23.8. The second kappa shape index (κ2) is 3.72. The van der Waals surface area contributed by atoms with E-state index in [-0.39, 0.29) is 18.4 Å². The van der Waals surface area contributed by atoms with E-state index in [0.717, 1.165) is 11.8 Å². The lowest BCUT2D eigenvalue weighted by molar-refractivity contribution is -0.148. The van der Waals surface area contributed by atoms with E-state index in [1.165, 1.54) is 19.3 Å². The van der Waals surface area contributed by atoms with E-state index in [4.69, 9.17) is 4.74 Å². The van der Waals surface area contributed by atoms with E-state index in [1.54, 1.807) is 0 Å². The molecule has 3 aliphatic carbocycles. The van der Waals surface area contributed by atoms with Crippen molar-refractivity contribution < 1.29 is 19.4 Å². The number of hydrogen-bond donors (Lipinski definition) is 2. The molecule has 5 unspecified atom stereocenters.